The first-order valence-corrected chi connectivity index (χ1v) is 5.67. The zero-order chi connectivity index (χ0) is 11.3. The lowest BCUT2D eigenvalue weighted by Crippen LogP contribution is -2.27. The molecule has 0 heterocycles. The van der Waals surface area contributed by atoms with Gasteiger partial charge in [-0.3, -0.25) is 0 Å². The maximum absolute atomic E-state index is 12.8. The number of nitrogens with zero attached hydrogens (tertiary/aromatic N) is 1. The third-order valence-electron chi connectivity index (χ3n) is 2.80. The standard InChI is InChI=1S/C13H20FN/c1-4-11(3)10-15(5-2)13-8-6-12(14)7-9-13/h6-9,11H,4-5,10H2,1-3H3. The number of anilines is 1. The molecule has 0 bridgehead atoms. The van der Waals surface area contributed by atoms with E-state index in [0.29, 0.717) is 5.92 Å². The summed E-state index contributed by atoms with van der Waals surface area (Å²) in [5.41, 5.74) is 1.11. The largest absolute Gasteiger partial charge is 0.372 e. The van der Waals surface area contributed by atoms with Gasteiger partial charge >= 0.3 is 0 Å². The molecule has 1 nitrogen and oxygen atoms in total. The predicted molar refractivity (Wildman–Crippen MR) is 63.7 cm³/mol. The van der Waals surface area contributed by atoms with Gasteiger partial charge in [0, 0.05) is 18.8 Å². The van der Waals surface area contributed by atoms with Crippen LogP contribution in [0.5, 0.6) is 0 Å². The molecule has 0 aliphatic carbocycles. The van der Waals surface area contributed by atoms with Crippen molar-refractivity contribution in [2.24, 2.45) is 5.92 Å². The minimum Gasteiger partial charge on any atom is -0.372 e. The Morgan fingerprint density at radius 2 is 1.80 bits per heavy atom. The highest BCUT2D eigenvalue weighted by Gasteiger charge is 2.07. The van der Waals surface area contributed by atoms with Crippen LogP contribution in [0.4, 0.5) is 10.1 Å². The summed E-state index contributed by atoms with van der Waals surface area (Å²) in [7, 11) is 0. The molecule has 0 spiro atoms. The quantitative estimate of drug-likeness (QED) is 0.714. The van der Waals surface area contributed by atoms with Crippen molar-refractivity contribution in [3.8, 4) is 0 Å². The van der Waals surface area contributed by atoms with Crippen LogP contribution in [0.3, 0.4) is 0 Å². The Morgan fingerprint density at radius 1 is 1.20 bits per heavy atom. The van der Waals surface area contributed by atoms with E-state index in [0.717, 1.165) is 18.8 Å². The lowest BCUT2D eigenvalue weighted by Gasteiger charge is -2.26. The third-order valence-corrected chi connectivity index (χ3v) is 2.80. The van der Waals surface area contributed by atoms with E-state index >= 15 is 0 Å². The second-order valence-electron chi connectivity index (χ2n) is 4.03. The average Bonchev–Trinajstić information content (AvgIpc) is 2.27. The molecular formula is C13H20FN. The Labute approximate surface area is 91.9 Å². The summed E-state index contributed by atoms with van der Waals surface area (Å²) in [6.07, 6.45) is 1.18. The number of rotatable bonds is 5. The first kappa shape index (κ1) is 12.0. The van der Waals surface area contributed by atoms with Crippen molar-refractivity contribution in [2.45, 2.75) is 27.2 Å². The summed E-state index contributed by atoms with van der Waals surface area (Å²) in [6, 6.07) is 6.74. The molecule has 0 aromatic heterocycles. The topological polar surface area (TPSA) is 3.24 Å². The zero-order valence-electron chi connectivity index (χ0n) is 9.83. The van der Waals surface area contributed by atoms with Crippen molar-refractivity contribution in [2.75, 3.05) is 18.0 Å². The molecule has 84 valence electrons. The Morgan fingerprint density at radius 3 is 2.27 bits per heavy atom. The Hall–Kier alpha value is -1.05. The molecule has 1 aromatic rings. The highest BCUT2D eigenvalue weighted by Crippen LogP contribution is 2.16. The van der Waals surface area contributed by atoms with Crippen molar-refractivity contribution < 1.29 is 4.39 Å². The highest BCUT2D eigenvalue weighted by atomic mass is 19.1. The van der Waals surface area contributed by atoms with E-state index in [9.17, 15) is 4.39 Å². The molecule has 0 aliphatic rings. The van der Waals surface area contributed by atoms with Crippen molar-refractivity contribution in [3.05, 3.63) is 30.1 Å². The number of benzene rings is 1. The van der Waals surface area contributed by atoms with Gasteiger partial charge in [-0.1, -0.05) is 20.3 Å². The fourth-order valence-corrected chi connectivity index (χ4v) is 1.57. The minimum atomic E-state index is -0.168. The maximum Gasteiger partial charge on any atom is 0.123 e. The third kappa shape index (κ3) is 3.54. The van der Waals surface area contributed by atoms with Crippen LogP contribution in [0, 0.1) is 11.7 Å². The van der Waals surface area contributed by atoms with Crippen LogP contribution >= 0.6 is 0 Å². The van der Waals surface area contributed by atoms with Crippen LogP contribution < -0.4 is 4.90 Å². The second-order valence-corrected chi connectivity index (χ2v) is 4.03. The molecule has 1 aromatic carbocycles. The lowest BCUT2D eigenvalue weighted by molar-refractivity contribution is 0.547. The molecule has 0 saturated heterocycles. The van der Waals surface area contributed by atoms with Gasteiger partial charge in [0.05, 0.1) is 0 Å². The van der Waals surface area contributed by atoms with Gasteiger partial charge in [0.1, 0.15) is 5.82 Å². The molecule has 0 aliphatic heterocycles. The number of halogens is 1. The SMILES string of the molecule is CCC(C)CN(CC)c1ccc(F)cc1. The highest BCUT2D eigenvalue weighted by molar-refractivity contribution is 5.46. The van der Waals surface area contributed by atoms with Gasteiger partial charge < -0.3 is 4.90 Å². The van der Waals surface area contributed by atoms with Crippen molar-refractivity contribution in [1.82, 2.24) is 0 Å². The molecule has 0 amide bonds. The van der Waals surface area contributed by atoms with E-state index in [-0.39, 0.29) is 5.82 Å². The molecule has 0 saturated carbocycles. The van der Waals surface area contributed by atoms with Gasteiger partial charge in [0.15, 0.2) is 0 Å². The summed E-state index contributed by atoms with van der Waals surface area (Å²) in [6.45, 7) is 8.58. The van der Waals surface area contributed by atoms with Crippen molar-refractivity contribution >= 4 is 5.69 Å². The predicted octanol–water partition coefficient (Wildman–Crippen LogP) is 3.70. The molecule has 0 N–H and O–H groups in total. The first-order chi connectivity index (χ1) is 7.17. The van der Waals surface area contributed by atoms with Gasteiger partial charge in [0.25, 0.3) is 0 Å². The van der Waals surface area contributed by atoms with Gasteiger partial charge in [-0.25, -0.2) is 4.39 Å². The first-order valence-electron chi connectivity index (χ1n) is 5.67. The van der Waals surface area contributed by atoms with Crippen LogP contribution in [0.25, 0.3) is 0 Å². The van der Waals surface area contributed by atoms with Crippen LogP contribution in [-0.4, -0.2) is 13.1 Å². The average molecular weight is 209 g/mol. The molecule has 0 radical (unpaired) electrons. The normalized spacial score (nSPS) is 12.5. The lowest BCUT2D eigenvalue weighted by atomic mass is 10.1. The summed E-state index contributed by atoms with van der Waals surface area (Å²) < 4.78 is 12.8. The van der Waals surface area contributed by atoms with Gasteiger partial charge in [-0.15, -0.1) is 0 Å². The molecule has 2 heteroatoms. The van der Waals surface area contributed by atoms with Gasteiger partial charge in [-0.2, -0.15) is 0 Å². The van der Waals surface area contributed by atoms with Crippen LogP contribution in [0.15, 0.2) is 24.3 Å². The molecule has 1 unspecified atom stereocenters. The van der Waals surface area contributed by atoms with E-state index < -0.39 is 0 Å². The molecule has 1 atom stereocenters. The van der Waals surface area contributed by atoms with E-state index in [1.165, 1.54) is 18.6 Å². The summed E-state index contributed by atoms with van der Waals surface area (Å²) in [5.74, 6) is 0.508. The van der Waals surface area contributed by atoms with E-state index in [1.807, 2.05) is 12.1 Å². The van der Waals surface area contributed by atoms with Gasteiger partial charge in [0.2, 0.25) is 0 Å². The minimum absolute atomic E-state index is 0.168. The fourth-order valence-electron chi connectivity index (χ4n) is 1.57. The monoisotopic (exact) mass is 209 g/mol. The second kappa shape index (κ2) is 5.74. The van der Waals surface area contributed by atoms with E-state index in [2.05, 4.69) is 25.7 Å². The summed E-state index contributed by atoms with van der Waals surface area (Å²) in [5, 5.41) is 0. The van der Waals surface area contributed by atoms with Crippen molar-refractivity contribution in [3.63, 3.8) is 0 Å². The summed E-state index contributed by atoms with van der Waals surface area (Å²) in [4.78, 5) is 2.29. The van der Waals surface area contributed by atoms with Crippen molar-refractivity contribution in [1.29, 1.82) is 0 Å². The smallest absolute Gasteiger partial charge is 0.123 e. The number of hydrogen-bond acceptors (Lipinski definition) is 1. The van der Waals surface area contributed by atoms with E-state index in [1.54, 1.807) is 0 Å². The fraction of sp³-hybridized carbons (Fsp3) is 0.538. The Bertz CT molecular complexity index is 281. The summed E-state index contributed by atoms with van der Waals surface area (Å²) >= 11 is 0. The van der Waals surface area contributed by atoms with E-state index in [4.69, 9.17) is 0 Å². The van der Waals surface area contributed by atoms with Gasteiger partial charge in [-0.05, 0) is 37.1 Å². The van der Waals surface area contributed by atoms with Crippen LogP contribution in [-0.2, 0) is 0 Å². The Balaban J connectivity index is 2.69. The molecule has 0 fully saturated rings. The number of hydrogen-bond donors (Lipinski definition) is 0. The molecule has 15 heavy (non-hydrogen) atoms. The van der Waals surface area contributed by atoms with Crippen LogP contribution in [0.2, 0.25) is 0 Å². The Kier molecular flexibility index (Phi) is 4.60. The zero-order valence-corrected chi connectivity index (χ0v) is 9.83. The molecular weight excluding hydrogens is 189 g/mol. The molecule has 1 rings (SSSR count). The maximum atomic E-state index is 12.8. The van der Waals surface area contributed by atoms with Crippen LogP contribution in [0.1, 0.15) is 27.2 Å².